The van der Waals surface area contributed by atoms with Gasteiger partial charge in [0.15, 0.2) is 11.6 Å². The minimum atomic E-state index is -0.836. The van der Waals surface area contributed by atoms with Crippen LogP contribution in [0.1, 0.15) is 18.8 Å². The summed E-state index contributed by atoms with van der Waals surface area (Å²) in [5.41, 5.74) is -0.0848. The monoisotopic (exact) mass is 317 g/mol. The molecule has 0 amide bonds. The van der Waals surface area contributed by atoms with Gasteiger partial charge in [0.2, 0.25) is 0 Å². The number of rotatable bonds is 6. The highest BCUT2D eigenvalue weighted by Gasteiger charge is 2.20. The van der Waals surface area contributed by atoms with Gasteiger partial charge in [0.1, 0.15) is 11.5 Å². The first-order chi connectivity index (χ1) is 10.0. The molecule has 21 heavy (non-hydrogen) atoms. The van der Waals surface area contributed by atoms with Crippen LogP contribution >= 0.6 is 11.6 Å². The molecule has 0 spiro atoms. The molecule has 0 saturated carbocycles. The van der Waals surface area contributed by atoms with Crippen LogP contribution in [0.25, 0.3) is 5.69 Å². The largest absolute Gasteiger partial charge is 0.383 e. The van der Waals surface area contributed by atoms with Crippen LogP contribution in [0.15, 0.2) is 12.1 Å². The standard InChI is InChI=1S/C12H14ClF2N5O/c1-7(16-3-4-21-2)12-17-18-19-20(12)11-9(13)5-8(14)6-10(11)15/h5-7,16H,3-4H2,1-2H3. The summed E-state index contributed by atoms with van der Waals surface area (Å²) in [4.78, 5) is 0. The van der Waals surface area contributed by atoms with E-state index < -0.39 is 11.6 Å². The smallest absolute Gasteiger partial charge is 0.173 e. The molecule has 0 aliphatic carbocycles. The summed E-state index contributed by atoms with van der Waals surface area (Å²) < 4.78 is 33.1. The van der Waals surface area contributed by atoms with E-state index in [1.165, 1.54) is 0 Å². The van der Waals surface area contributed by atoms with E-state index in [0.717, 1.165) is 16.8 Å². The van der Waals surface area contributed by atoms with Crippen LogP contribution < -0.4 is 5.32 Å². The number of halogens is 3. The van der Waals surface area contributed by atoms with Crippen LogP contribution in [0.2, 0.25) is 5.02 Å². The molecule has 1 aromatic heterocycles. The Balaban J connectivity index is 2.32. The Labute approximate surface area is 125 Å². The topological polar surface area (TPSA) is 64.9 Å². The molecule has 1 unspecified atom stereocenters. The fourth-order valence-electron chi connectivity index (χ4n) is 1.83. The summed E-state index contributed by atoms with van der Waals surface area (Å²) in [6.07, 6.45) is 0. The van der Waals surface area contributed by atoms with Gasteiger partial charge in [-0.05, 0) is 23.4 Å². The lowest BCUT2D eigenvalue weighted by Crippen LogP contribution is -2.25. The van der Waals surface area contributed by atoms with Gasteiger partial charge in [0.25, 0.3) is 0 Å². The number of nitrogens with one attached hydrogen (secondary N) is 1. The SMILES string of the molecule is COCCNC(C)c1nnnn1-c1c(F)cc(F)cc1Cl. The van der Waals surface area contributed by atoms with Gasteiger partial charge in [-0.2, -0.15) is 4.68 Å². The lowest BCUT2D eigenvalue weighted by molar-refractivity contribution is 0.196. The van der Waals surface area contributed by atoms with Crippen molar-refractivity contribution in [2.75, 3.05) is 20.3 Å². The van der Waals surface area contributed by atoms with Gasteiger partial charge in [0, 0.05) is 19.7 Å². The molecule has 1 aromatic carbocycles. The van der Waals surface area contributed by atoms with Crippen molar-refractivity contribution in [2.45, 2.75) is 13.0 Å². The molecule has 2 rings (SSSR count). The van der Waals surface area contributed by atoms with Crippen molar-refractivity contribution in [2.24, 2.45) is 0 Å². The highest BCUT2D eigenvalue weighted by atomic mass is 35.5. The molecule has 0 aliphatic rings. The number of methoxy groups -OCH3 is 1. The number of tetrazole rings is 1. The zero-order valence-corrected chi connectivity index (χ0v) is 12.2. The van der Waals surface area contributed by atoms with Gasteiger partial charge < -0.3 is 10.1 Å². The Morgan fingerprint density at radius 1 is 1.43 bits per heavy atom. The molecule has 2 aromatic rings. The molecule has 0 aliphatic heterocycles. The van der Waals surface area contributed by atoms with E-state index in [9.17, 15) is 8.78 Å². The number of hydrogen-bond acceptors (Lipinski definition) is 5. The van der Waals surface area contributed by atoms with E-state index in [1.807, 2.05) is 6.92 Å². The van der Waals surface area contributed by atoms with Crippen molar-refractivity contribution >= 4 is 11.6 Å². The number of hydrogen-bond donors (Lipinski definition) is 1. The zero-order valence-electron chi connectivity index (χ0n) is 11.5. The van der Waals surface area contributed by atoms with Crippen molar-refractivity contribution in [3.05, 3.63) is 34.6 Å². The third-order valence-electron chi connectivity index (χ3n) is 2.83. The Kier molecular flexibility index (Phi) is 5.16. The predicted molar refractivity (Wildman–Crippen MR) is 72.4 cm³/mol. The third-order valence-corrected chi connectivity index (χ3v) is 3.12. The van der Waals surface area contributed by atoms with E-state index in [4.69, 9.17) is 16.3 Å². The highest BCUT2D eigenvalue weighted by Crippen LogP contribution is 2.26. The Bertz CT molecular complexity index is 598. The Morgan fingerprint density at radius 2 is 2.19 bits per heavy atom. The van der Waals surface area contributed by atoms with E-state index in [1.54, 1.807) is 7.11 Å². The molecule has 0 fully saturated rings. The average Bonchev–Trinajstić information content (AvgIpc) is 2.87. The van der Waals surface area contributed by atoms with Gasteiger partial charge in [-0.3, -0.25) is 0 Å². The van der Waals surface area contributed by atoms with Crippen LogP contribution in [-0.4, -0.2) is 40.5 Å². The maximum absolute atomic E-state index is 13.9. The van der Waals surface area contributed by atoms with Crippen LogP contribution in [-0.2, 0) is 4.74 Å². The third kappa shape index (κ3) is 3.52. The second-order valence-electron chi connectivity index (χ2n) is 4.34. The predicted octanol–water partition coefficient (Wildman–Crippen LogP) is 1.89. The maximum atomic E-state index is 13.9. The molecular weight excluding hydrogens is 304 g/mol. The van der Waals surface area contributed by atoms with Gasteiger partial charge in [-0.15, -0.1) is 5.10 Å². The summed E-state index contributed by atoms with van der Waals surface area (Å²) in [7, 11) is 1.59. The fourth-order valence-corrected chi connectivity index (χ4v) is 2.10. The first kappa shape index (κ1) is 15.7. The number of ether oxygens (including phenoxy) is 1. The van der Waals surface area contributed by atoms with E-state index in [-0.39, 0.29) is 16.8 Å². The molecule has 1 heterocycles. The molecule has 0 bridgehead atoms. The molecule has 1 atom stereocenters. The highest BCUT2D eigenvalue weighted by molar-refractivity contribution is 6.32. The van der Waals surface area contributed by atoms with Crippen LogP contribution in [0.5, 0.6) is 0 Å². The maximum Gasteiger partial charge on any atom is 0.173 e. The van der Waals surface area contributed by atoms with E-state index in [2.05, 4.69) is 20.8 Å². The molecular formula is C12H14ClF2N5O. The zero-order chi connectivity index (χ0) is 15.4. The number of aromatic nitrogens is 4. The second kappa shape index (κ2) is 6.88. The first-order valence-corrected chi connectivity index (χ1v) is 6.58. The Hall–Kier alpha value is -1.64. The summed E-state index contributed by atoms with van der Waals surface area (Å²) in [5.74, 6) is -1.24. The van der Waals surface area contributed by atoms with Crippen molar-refractivity contribution in [3.63, 3.8) is 0 Å². The van der Waals surface area contributed by atoms with Crippen LogP contribution in [0, 0.1) is 11.6 Å². The molecule has 6 nitrogen and oxygen atoms in total. The number of benzene rings is 1. The lowest BCUT2D eigenvalue weighted by Gasteiger charge is -2.14. The minimum absolute atomic E-state index is 0.0848. The summed E-state index contributed by atoms with van der Waals surface area (Å²) in [5, 5.41) is 14.1. The van der Waals surface area contributed by atoms with Crippen molar-refractivity contribution < 1.29 is 13.5 Å². The molecule has 0 saturated heterocycles. The summed E-state index contributed by atoms with van der Waals surface area (Å²) in [6.45, 7) is 2.90. The summed E-state index contributed by atoms with van der Waals surface area (Å²) in [6, 6.07) is 1.47. The van der Waals surface area contributed by atoms with Crippen molar-refractivity contribution in [1.29, 1.82) is 0 Å². The van der Waals surface area contributed by atoms with Gasteiger partial charge in [-0.1, -0.05) is 11.6 Å². The molecule has 114 valence electrons. The number of nitrogens with zero attached hydrogens (tertiary/aromatic N) is 4. The molecule has 1 N–H and O–H groups in total. The van der Waals surface area contributed by atoms with E-state index >= 15 is 0 Å². The normalized spacial score (nSPS) is 12.6. The van der Waals surface area contributed by atoms with E-state index in [0.29, 0.717) is 19.0 Å². The van der Waals surface area contributed by atoms with Crippen molar-refractivity contribution in [3.8, 4) is 5.69 Å². The second-order valence-corrected chi connectivity index (χ2v) is 4.74. The van der Waals surface area contributed by atoms with Crippen molar-refractivity contribution in [1.82, 2.24) is 25.5 Å². The summed E-state index contributed by atoms with van der Waals surface area (Å²) >= 11 is 5.89. The van der Waals surface area contributed by atoms with Gasteiger partial charge >= 0.3 is 0 Å². The average molecular weight is 318 g/mol. The quantitative estimate of drug-likeness (QED) is 0.824. The van der Waals surface area contributed by atoms with Crippen LogP contribution in [0.3, 0.4) is 0 Å². The first-order valence-electron chi connectivity index (χ1n) is 6.20. The lowest BCUT2D eigenvalue weighted by atomic mass is 10.2. The minimum Gasteiger partial charge on any atom is -0.383 e. The van der Waals surface area contributed by atoms with Crippen LogP contribution in [0.4, 0.5) is 8.78 Å². The van der Waals surface area contributed by atoms with Gasteiger partial charge in [0.05, 0.1) is 17.7 Å². The molecule has 9 heteroatoms. The van der Waals surface area contributed by atoms with Gasteiger partial charge in [-0.25, -0.2) is 8.78 Å². The fraction of sp³-hybridized carbons (Fsp3) is 0.417. The Morgan fingerprint density at radius 3 is 2.86 bits per heavy atom. The molecule has 0 radical (unpaired) electrons.